The second-order valence-corrected chi connectivity index (χ2v) is 4.73. The van der Waals surface area contributed by atoms with Gasteiger partial charge in [0.1, 0.15) is 0 Å². The number of aliphatic hydroxyl groups is 1. The van der Waals surface area contributed by atoms with Gasteiger partial charge in [-0.3, -0.25) is 0 Å². The summed E-state index contributed by atoms with van der Waals surface area (Å²) in [6.45, 7) is 2.89. The predicted octanol–water partition coefficient (Wildman–Crippen LogP) is 3.83. The third-order valence-electron chi connectivity index (χ3n) is 2.96. The maximum atomic E-state index is 9.57. The first kappa shape index (κ1) is 17.0. The second-order valence-electron chi connectivity index (χ2n) is 4.73. The molecule has 0 aromatic heterocycles. The van der Waals surface area contributed by atoms with E-state index in [1.165, 1.54) is 32.1 Å². The van der Waals surface area contributed by atoms with Crippen molar-refractivity contribution in [3.63, 3.8) is 0 Å². The van der Waals surface area contributed by atoms with Crippen molar-refractivity contribution in [3.8, 4) is 0 Å². The average molecular weight is 240 g/mol. The fourth-order valence-electron chi connectivity index (χ4n) is 1.83. The zero-order chi connectivity index (χ0) is 12.8. The van der Waals surface area contributed by atoms with Gasteiger partial charge >= 0.3 is 0 Å². The summed E-state index contributed by atoms with van der Waals surface area (Å²) in [7, 11) is 5.41. The Morgan fingerprint density at radius 1 is 0.941 bits per heavy atom. The zero-order valence-electron chi connectivity index (χ0n) is 11.5. The second kappa shape index (κ2) is 14.0. The van der Waals surface area contributed by atoms with Gasteiger partial charge in [-0.1, -0.05) is 58.2 Å². The van der Waals surface area contributed by atoms with Gasteiger partial charge < -0.3 is 9.84 Å². The first-order chi connectivity index (χ1) is 8.31. The number of unbranched alkanes of at least 4 members (excludes halogenated alkanes) is 7. The first-order valence-corrected chi connectivity index (χ1v) is 7.31. The van der Waals surface area contributed by atoms with E-state index in [-0.39, 0.29) is 0 Å². The van der Waals surface area contributed by atoms with Crippen LogP contribution >= 0.6 is 0 Å². The number of hydrogen-bond donors (Lipinski definition) is 1. The molecule has 0 aliphatic heterocycles. The highest BCUT2D eigenvalue weighted by Gasteiger charge is 2.03. The van der Waals surface area contributed by atoms with Crippen LogP contribution in [0, 0.1) is 0 Å². The van der Waals surface area contributed by atoms with E-state index >= 15 is 0 Å². The largest absolute Gasteiger partial charge is 0.368 e. The molecule has 0 saturated carbocycles. The maximum absolute atomic E-state index is 9.57. The van der Waals surface area contributed by atoms with E-state index in [1.807, 2.05) is 0 Å². The van der Waals surface area contributed by atoms with E-state index < -0.39 is 6.29 Å². The molecule has 100 valence electrons. The van der Waals surface area contributed by atoms with Gasteiger partial charge in [-0.2, -0.15) is 0 Å². The molecule has 0 aliphatic carbocycles. The highest BCUT2D eigenvalue weighted by Crippen LogP contribution is 2.09. The van der Waals surface area contributed by atoms with E-state index in [0.717, 1.165) is 38.4 Å². The van der Waals surface area contributed by atoms with E-state index in [2.05, 4.69) is 6.92 Å². The fourth-order valence-corrected chi connectivity index (χ4v) is 1.83. The molecular weight excluding hydrogens is 211 g/mol. The topological polar surface area (TPSA) is 29.5 Å². The molecular formula is C14H29BO2. The van der Waals surface area contributed by atoms with Gasteiger partial charge in [0.25, 0.3) is 0 Å². The summed E-state index contributed by atoms with van der Waals surface area (Å²) in [4.78, 5) is 0. The van der Waals surface area contributed by atoms with E-state index in [4.69, 9.17) is 12.6 Å². The lowest BCUT2D eigenvalue weighted by atomic mass is 9.99. The van der Waals surface area contributed by atoms with Crippen LogP contribution in [-0.2, 0) is 4.74 Å². The maximum Gasteiger partial charge on any atom is 0.154 e. The van der Waals surface area contributed by atoms with Crippen LogP contribution in [0.4, 0.5) is 0 Å². The lowest BCUT2D eigenvalue weighted by Crippen LogP contribution is -2.12. The summed E-state index contributed by atoms with van der Waals surface area (Å²) in [5.74, 6) is 0. The molecule has 2 radical (unpaired) electrons. The Kier molecular flexibility index (Phi) is 14.0. The molecule has 0 rings (SSSR count). The molecule has 0 aliphatic rings. The van der Waals surface area contributed by atoms with Gasteiger partial charge in [-0.25, -0.2) is 0 Å². The lowest BCUT2D eigenvalue weighted by molar-refractivity contribution is -0.105. The van der Waals surface area contributed by atoms with Crippen LogP contribution in [0.15, 0.2) is 0 Å². The van der Waals surface area contributed by atoms with Gasteiger partial charge in [-0.05, 0) is 19.3 Å². The Hall–Kier alpha value is -0.0151. The highest BCUT2D eigenvalue weighted by molar-refractivity contribution is 6.08. The summed E-state index contributed by atoms with van der Waals surface area (Å²) in [6, 6.07) is 0. The van der Waals surface area contributed by atoms with Crippen molar-refractivity contribution in [1.29, 1.82) is 0 Å². The first-order valence-electron chi connectivity index (χ1n) is 7.31. The zero-order valence-corrected chi connectivity index (χ0v) is 11.5. The molecule has 0 saturated heterocycles. The molecule has 1 unspecified atom stereocenters. The van der Waals surface area contributed by atoms with Gasteiger partial charge in [0.2, 0.25) is 0 Å². The van der Waals surface area contributed by atoms with E-state index in [9.17, 15) is 5.11 Å². The monoisotopic (exact) mass is 240 g/mol. The number of rotatable bonds is 13. The number of aliphatic hydroxyl groups excluding tert-OH is 1. The lowest BCUT2D eigenvalue weighted by Gasteiger charge is -2.11. The van der Waals surface area contributed by atoms with Crippen molar-refractivity contribution in [3.05, 3.63) is 0 Å². The van der Waals surface area contributed by atoms with Crippen molar-refractivity contribution in [2.45, 2.75) is 83.7 Å². The van der Waals surface area contributed by atoms with Crippen LogP contribution in [-0.4, -0.2) is 25.8 Å². The van der Waals surface area contributed by atoms with Crippen LogP contribution in [0.25, 0.3) is 0 Å². The van der Waals surface area contributed by atoms with Crippen LogP contribution in [0.1, 0.15) is 71.1 Å². The Morgan fingerprint density at radius 2 is 1.59 bits per heavy atom. The Morgan fingerprint density at radius 3 is 2.29 bits per heavy atom. The van der Waals surface area contributed by atoms with Crippen LogP contribution < -0.4 is 0 Å². The van der Waals surface area contributed by atoms with Crippen LogP contribution in [0.3, 0.4) is 0 Å². The summed E-state index contributed by atoms with van der Waals surface area (Å²) in [5, 5.41) is 9.57. The molecule has 3 heteroatoms. The summed E-state index contributed by atoms with van der Waals surface area (Å²) < 4.78 is 5.35. The molecule has 0 aromatic rings. The molecule has 0 aromatic carbocycles. The molecule has 2 nitrogen and oxygen atoms in total. The summed E-state index contributed by atoms with van der Waals surface area (Å²) in [5.41, 5.74) is 0. The van der Waals surface area contributed by atoms with E-state index in [0.29, 0.717) is 6.61 Å². The standard InChI is InChI=1S/C14H29BO2/c1-2-3-4-5-8-11-14(16)17-13-10-7-6-9-12-15/h14,16H,2-13H2,1H3. The van der Waals surface area contributed by atoms with E-state index in [1.54, 1.807) is 0 Å². The molecule has 1 atom stereocenters. The Labute approximate surface area is 109 Å². The Bertz CT molecular complexity index is 142. The molecule has 0 spiro atoms. The normalized spacial score (nSPS) is 12.8. The predicted molar refractivity (Wildman–Crippen MR) is 74.4 cm³/mol. The number of ether oxygens (including phenoxy) is 1. The molecule has 0 amide bonds. The van der Waals surface area contributed by atoms with Crippen molar-refractivity contribution in [2.75, 3.05) is 6.61 Å². The van der Waals surface area contributed by atoms with Gasteiger partial charge in [0, 0.05) is 6.61 Å². The highest BCUT2D eigenvalue weighted by atomic mass is 16.6. The van der Waals surface area contributed by atoms with Crippen molar-refractivity contribution in [2.24, 2.45) is 0 Å². The van der Waals surface area contributed by atoms with Crippen molar-refractivity contribution >= 4 is 7.85 Å². The molecule has 17 heavy (non-hydrogen) atoms. The summed E-state index contributed by atoms with van der Waals surface area (Å²) in [6.07, 6.45) is 11.6. The molecule has 0 heterocycles. The van der Waals surface area contributed by atoms with Gasteiger partial charge in [-0.15, -0.1) is 0 Å². The third-order valence-corrected chi connectivity index (χ3v) is 2.96. The minimum absolute atomic E-state index is 0.550. The molecule has 1 N–H and O–H groups in total. The molecule has 0 fully saturated rings. The minimum atomic E-state index is -0.550. The third kappa shape index (κ3) is 13.9. The summed E-state index contributed by atoms with van der Waals surface area (Å²) >= 11 is 0. The Balaban J connectivity index is 3.09. The van der Waals surface area contributed by atoms with Crippen molar-refractivity contribution < 1.29 is 9.84 Å². The van der Waals surface area contributed by atoms with Crippen LogP contribution in [0.2, 0.25) is 6.32 Å². The molecule has 0 bridgehead atoms. The average Bonchev–Trinajstić information content (AvgIpc) is 2.33. The number of hydrogen-bond acceptors (Lipinski definition) is 2. The van der Waals surface area contributed by atoms with Crippen molar-refractivity contribution in [1.82, 2.24) is 0 Å². The van der Waals surface area contributed by atoms with Crippen LogP contribution in [0.5, 0.6) is 0 Å². The van der Waals surface area contributed by atoms with Gasteiger partial charge in [0.15, 0.2) is 6.29 Å². The smallest absolute Gasteiger partial charge is 0.154 e. The minimum Gasteiger partial charge on any atom is -0.368 e. The quantitative estimate of drug-likeness (QED) is 0.301. The SMILES string of the molecule is [B]CCCCCCOC(O)CCCCCCC. The van der Waals surface area contributed by atoms with Gasteiger partial charge in [0.05, 0.1) is 7.85 Å². The fraction of sp³-hybridized carbons (Fsp3) is 1.00.